The molecule has 2 atom stereocenters. The molecule has 1 amide bonds. The number of nitrogens with one attached hydrogen (secondary N) is 2. The van der Waals surface area contributed by atoms with E-state index < -0.39 is 23.8 Å². The van der Waals surface area contributed by atoms with Crippen LogP contribution in [0.25, 0.3) is 0 Å². The van der Waals surface area contributed by atoms with Crippen LogP contribution in [0.5, 0.6) is 0 Å². The van der Waals surface area contributed by atoms with Gasteiger partial charge in [0.15, 0.2) is 0 Å². The van der Waals surface area contributed by atoms with Gasteiger partial charge >= 0.3 is 0 Å². The van der Waals surface area contributed by atoms with Crippen LogP contribution < -0.4 is 10.6 Å². The fourth-order valence-electron chi connectivity index (χ4n) is 1.89. The van der Waals surface area contributed by atoms with Gasteiger partial charge in [-0.25, -0.2) is 8.78 Å². The number of carbonyl (C=O) groups is 1. The smallest absolute Gasteiger partial charge is 0.237 e. The lowest BCUT2D eigenvalue weighted by Crippen LogP contribution is -2.40. The normalized spacial score (nSPS) is 23.1. The number of hydrogen-bond acceptors (Lipinski definition) is 3. The Bertz CT molecular complexity index is 454. The van der Waals surface area contributed by atoms with Gasteiger partial charge in [0, 0.05) is 24.7 Å². The molecule has 0 spiro atoms. The Labute approximate surface area is 103 Å². The molecular formula is C12H14F2N2O2. The molecule has 1 aliphatic heterocycles. The van der Waals surface area contributed by atoms with E-state index in [1.165, 1.54) is 6.07 Å². The summed E-state index contributed by atoms with van der Waals surface area (Å²) in [6.07, 6.45) is -0.180. The van der Waals surface area contributed by atoms with E-state index in [0.29, 0.717) is 13.0 Å². The van der Waals surface area contributed by atoms with Gasteiger partial charge in [-0.2, -0.15) is 0 Å². The SMILES string of the molecule is O=C(NCc1ccc(F)cc1F)C1CC(O)CN1. The van der Waals surface area contributed by atoms with Crippen LogP contribution in [0.4, 0.5) is 8.78 Å². The van der Waals surface area contributed by atoms with E-state index >= 15 is 0 Å². The van der Waals surface area contributed by atoms with Crippen molar-refractivity contribution in [2.24, 2.45) is 0 Å². The van der Waals surface area contributed by atoms with Gasteiger partial charge in [0.2, 0.25) is 5.91 Å². The Hall–Kier alpha value is -1.53. The predicted molar refractivity (Wildman–Crippen MR) is 60.6 cm³/mol. The zero-order chi connectivity index (χ0) is 13.1. The summed E-state index contributed by atoms with van der Waals surface area (Å²) in [4.78, 5) is 11.7. The van der Waals surface area contributed by atoms with Crippen LogP contribution in [0.2, 0.25) is 0 Å². The second-order valence-electron chi connectivity index (χ2n) is 4.30. The maximum atomic E-state index is 13.3. The van der Waals surface area contributed by atoms with Gasteiger partial charge in [0.05, 0.1) is 12.1 Å². The molecule has 1 heterocycles. The molecule has 1 aliphatic rings. The highest BCUT2D eigenvalue weighted by Gasteiger charge is 2.27. The third-order valence-corrected chi connectivity index (χ3v) is 2.89. The third-order valence-electron chi connectivity index (χ3n) is 2.89. The van der Waals surface area contributed by atoms with Gasteiger partial charge in [0.25, 0.3) is 0 Å². The second kappa shape index (κ2) is 5.41. The average molecular weight is 256 g/mol. The van der Waals surface area contributed by atoms with Crippen LogP contribution in [0, 0.1) is 11.6 Å². The molecule has 2 rings (SSSR count). The van der Waals surface area contributed by atoms with E-state index in [-0.39, 0.29) is 18.0 Å². The van der Waals surface area contributed by atoms with E-state index in [0.717, 1.165) is 12.1 Å². The van der Waals surface area contributed by atoms with E-state index in [2.05, 4.69) is 10.6 Å². The molecule has 1 aromatic carbocycles. The van der Waals surface area contributed by atoms with Gasteiger partial charge in [-0.05, 0) is 12.5 Å². The summed E-state index contributed by atoms with van der Waals surface area (Å²) in [5.41, 5.74) is 0.225. The maximum Gasteiger partial charge on any atom is 0.237 e. The molecule has 2 unspecified atom stereocenters. The number of aliphatic hydroxyl groups excluding tert-OH is 1. The molecule has 1 saturated heterocycles. The molecule has 18 heavy (non-hydrogen) atoms. The van der Waals surface area contributed by atoms with E-state index in [1.54, 1.807) is 0 Å². The first-order chi connectivity index (χ1) is 8.56. The average Bonchev–Trinajstić information content (AvgIpc) is 2.74. The third kappa shape index (κ3) is 3.02. The van der Waals surface area contributed by atoms with Crippen LogP contribution in [-0.4, -0.2) is 29.7 Å². The van der Waals surface area contributed by atoms with Crippen molar-refractivity contribution in [3.8, 4) is 0 Å². The lowest BCUT2D eigenvalue weighted by molar-refractivity contribution is -0.123. The highest BCUT2D eigenvalue weighted by Crippen LogP contribution is 2.10. The Morgan fingerprint density at radius 2 is 2.28 bits per heavy atom. The zero-order valence-corrected chi connectivity index (χ0v) is 9.62. The monoisotopic (exact) mass is 256 g/mol. The number of amides is 1. The second-order valence-corrected chi connectivity index (χ2v) is 4.30. The van der Waals surface area contributed by atoms with Gasteiger partial charge in [-0.1, -0.05) is 6.07 Å². The van der Waals surface area contributed by atoms with E-state index in [9.17, 15) is 18.7 Å². The highest BCUT2D eigenvalue weighted by molar-refractivity contribution is 5.82. The molecule has 98 valence electrons. The first kappa shape index (κ1) is 12.9. The number of benzene rings is 1. The quantitative estimate of drug-likeness (QED) is 0.729. The molecule has 0 aromatic heterocycles. The Kier molecular flexibility index (Phi) is 3.88. The first-order valence-electron chi connectivity index (χ1n) is 5.69. The van der Waals surface area contributed by atoms with Crippen molar-refractivity contribution in [3.63, 3.8) is 0 Å². The van der Waals surface area contributed by atoms with Crippen molar-refractivity contribution in [2.75, 3.05) is 6.54 Å². The van der Waals surface area contributed by atoms with Crippen LogP contribution in [-0.2, 0) is 11.3 Å². The van der Waals surface area contributed by atoms with Crippen LogP contribution >= 0.6 is 0 Å². The predicted octanol–water partition coefficient (Wildman–Crippen LogP) is 0.304. The summed E-state index contributed by atoms with van der Waals surface area (Å²) in [7, 11) is 0. The van der Waals surface area contributed by atoms with Crippen molar-refractivity contribution in [2.45, 2.75) is 25.1 Å². The van der Waals surface area contributed by atoms with Crippen molar-refractivity contribution >= 4 is 5.91 Å². The van der Waals surface area contributed by atoms with E-state index in [4.69, 9.17) is 0 Å². The Morgan fingerprint density at radius 3 is 2.89 bits per heavy atom. The van der Waals surface area contributed by atoms with Crippen molar-refractivity contribution in [1.29, 1.82) is 0 Å². The number of carbonyl (C=O) groups excluding carboxylic acids is 1. The van der Waals surface area contributed by atoms with Gasteiger partial charge < -0.3 is 15.7 Å². The molecule has 4 nitrogen and oxygen atoms in total. The van der Waals surface area contributed by atoms with Gasteiger partial charge in [-0.15, -0.1) is 0 Å². The fraction of sp³-hybridized carbons (Fsp3) is 0.417. The number of aliphatic hydroxyl groups is 1. The van der Waals surface area contributed by atoms with Crippen LogP contribution in [0.1, 0.15) is 12.0 Å². The molecule has 1 fully saturated rings. The molecular weight excluding hydrogens is 242 g/mol. The highest BCUT2D eigenvalue weighted by atomic mass is 19.1. The Balaban J connectivity index is 1.89. The number of rotatable bonds is 3. The number of β-amino-alcohol motifs (C(OH)–C–C–N with tert-alkyl or cyclic N) is 1. The van der Waals surface area contributed by atoms with Crippen molar-refractivity contribution < 1.29 is 18.7 Å². The van der Waals surface area contributed by atoms with Gasteiger partial charge in [-0.3, -0.25) is 4.79 Å². The summed E-state index contributed by atoms with van der Waals surface area (Å²) < 4.78 is 26.0. The molecule has 0 radical (unpaired) electrons. The fourth-order valence-corrected chi connectivity index (χ4v) is 1.89. The summed E-state index contributed by atoms with van der Waals surface area (Å²) in [5, 5.41) is 14.7. The molecule has 0 saturated carbocycles. The van der Waals surface area contributed by atoms with Crippen LogP contribution in [0.3, 0.4) is 0 Å². The zero-order valence-electron chi connectivity index (χ0n) is 9.62. The minimum Gasteiger partial charge on any atom is -0.392 e. The van der Waals surface area contributed by atoms with Crippen molar-refractivity contribution in [3.05, 3.63) is 35.4 Å². The molecule has 1 aromatic rings. The molecule has 0 aliphatic carbocycles. The molecule has 3 N–H and O–H groups in total. The van der Waals surface area contributed by atoms with Gasteiger partial charge in [0.1, 0.15) is 11.6 Å². The summed E-state index contributed by atoms with van der Waals surface area (Å²) >= 11 is 0. The minimum absolute atomic E-state index is 0.000772. The lowest BCUT2D eigenvalue weighted by atomic mass is 10.1. The van der Waals surface area contributed by atoms with Crippen LogP contribution in [0.15, 0.2) is 18.2 Å². The number of hydrogen-bond donors (Lipinski definition) is 3. The number of halogens is 2. The molecule has 0 bridgehead atoms. The van der Waals surface area contributed by atoms with E-state index in [1.807, 2.05) is 0 Å². The van der Waals surface area contributed by atoms with Crippen molar-refractivity contribution in [1.82, 2.24) is 10.6 Å². The topological polar surface area (TPSA) is 61.4 Å². The lowest BCUT2D eigenvalue weighted by Gasteiger charge is -2.11. The summed E-state index contributed by atoms with van der Waals surface area (Å²) in [5.74, 6) is -1.63. The standard InChI is InChI=1S/C12H14F2N2O2/c13-8-2-1-7(10(14)3-8)5-16-12(18)11-4-9(17)6-15-11/h1-3,9,11,15,17H,4-6H2,(H,16,18). The Morgan fingerprint density at radius 1 is 1.50 bits per heavy atom. The minimum atomic E-state index is -0.685. The largest absolute Gasteiger partial charge is 0.392 e. The summed E-state index contributed by atoms with van der Waals surface area (Å²) in [6.45, 7) is 0.377. The molecule has 6 heteroatoms. The summed E-state index contributed by atoms with van der Waals surface area (Å²) in [6, 6.07) is 2.76. The maximum absolute atomic E-state index is 13.3. The first-order valence-corrected chi connectivity index (χ1v) is 5.69.